The molecule has 1 aromatic carbocycles. The molecule has 5 heterocycles. The fourth-order valence-electron chi connectivity index (χ4n) is 4.63. The van der Waals surface area contributed by atoms with Crippen molar-refractivity contribution in [3.8, 4) is 17.0 Å². The lowest BCUT2D eigenvalue weighted by Gasteiger charge is -2.33. The highest BCUT2D eigenvalue weighted by Gasteiger charge is 2.37. The van der Waals surface area contributed by atoms with Gasteiger partial charge in [-0.1, -0.05) is 12.1 Å². The Morgan fingerprint density at radius 1 is 1.16 bits per heavy atom. The molecule has 0 spiro atoms. The first-order valence-electron chi connectivity index (χ1n) is 10.7. The number of hydrogen-bond donors (Lipinski definition) is 1. The average Bonchev–Trinajstić information content (AvgIpc) is 3.44. The van der Waals surface area contributed by atoms with Crippen molar-refractivity contribution in [1.82, 2.24) is 25.0 Å². The van der Waals surface area contributed by atoms with Crippen molar-refractivity contribution < 1.29 is 14.3 Å². The van der Waals surface area contributed by atoms with Crippen LogP contribution in [0, 0.1) is 0 Å². The number of nitrogens with one attached hydrogen (secondary N) is 1. The lowest BCUT2D eigenvalue weighted by Crippen LogP contribution is -2.44. The van der Waals surface area contributed by atoms with Crippen LogP contribution in [0.5, 0.6) is 5.75 Å². The normalized spacial score (nSPS) is 16.3. The van der Waals surface area contributed by atoms with E-state index in [0.717, 1.165) is 40.8 Å². The summed E-state index contributed by atoms with van der Waals surface area (Å²) in [5.74, 6) is 1.32. The van der Waals surface area contributed by atoms with Crippen LogP contribution in [-0.2, 0) is 11.3 Å². The van der Waals surface area contributed by atoms with Gasteiger partial charge in [0, 0.05) is 31.6 Å². The van der Waals surface area contributed by atoms with E-state index in [0.29, 0.717) is 36.8 Å². The average molecular weight is 430 g/mol. The minimum Gasteiger partial charge on any atom is -0.497 e. The summed E-state index contributed by atoms with van der Waals surface area (Å²) in [7, 11) is 1.66. The molecule has 0 saturated carbocycles. The van der Waals surface area contributed by atoms with E-state index in [2.05, 4.69) is 15.2 Å². The lowest BCUT2D eigenvalue weighted by atomic mass is 10.1. The minimum absolute atomic E-state index is 0.00906. The molecule has 1 amide bonds. The molecule has 3 aromatic heterocycles. The summed E-state index contributed by atoms with van der Waals surface area (Å²) in [4.78, 5) is 20.0. The second kappa shape index (κ2) is 7.45. The summed E-state index contributed by atoms with van der Waals surface area (Å²) in [6.45, 7) is 1.84. The third-order valence-electron chi connectivity index (χ3n) is 6.24. The van der Waals surface area contributed by atoms with E-state index in [4.69, 9.17) is 14.6 Å². The maximum atomic E-state index is 13.6. The highest BCUT2D eigenvalue weighted by Crippen LogP contribution is 2.40. The number of pyridine rings is 1. The molecule has 2 aliphatic heterocycles. The monoisotopic (exact) mass is 430 g/mol. The van der Waals surface area contributed by atoms with Gasteiger partial charge in [0.05, 0.1) is 30.1 Å². The van der Waals surface area contributed by atoms with Gasteiger partial charge in [-0.25, -0.2) is 4.98 Å². The van der Waals surface area contributed by atoms with Gasteiger partial charge in [0.2, 0.25) is 0 Å². The van der Waals surface area contributed by atoms with E-state index in [1.165, 1.54) is 0 Å². The number of hydrogen-bond acceptors (Lipinski definition) is 6. The molecule has 9 nitrogen and oxygen atoms in total. The molecule has 0 aliphatic carbocycles. The van der Waals surface area contributed by atoms with Gasteiger partial charge in [-0.15, -0.1) is 0 Å². The summed E-state index contributed by atoms with van der Waals surface area (Å²) in [6, 6.07) is 9.91. The van der Waals surface area contributed by atoms with E-state index in [9.17, 15) is 4.79 Å². The number of anilines is 1. The SMILES string of the molecule is COc1ccc(Cn2nc3c4c(nccc42)N(C2CCOCC2)C(=O)c2n[nH]cc2-3)cc1. The fraction of sp³-hybridized carbons (Fsp3) is 0.304. The van der Waals surface area contributed by atoms with Crippen LogP contribution >= 0.6 is 0 Å². The molecular weight excluding hydrogens is 408 g/mol. The molecule has 4 aromatic rings. The molecule has 1 saturated heterocycles. The van der Waals surface area contributed by atoms with Crippen LogP contribution in [0.15, 0.2) is 42.7 Å². The Bertz CT molecular complexity index is 1300. The zero-order valence-corrected chi connectivity index (χ0v) is 17.6. The van der Waals surface area contributed by atoms with Crippen molar-refractivity contribution in [3.63, 3.8) is 0 Å². The largest absolute Gasteiger partial charge is 0.497 e. The number of ether oxygens (including phenoxy) is 2. The Morgan fingerprint density at radius 3 is 2.75 bits per heavy atom. The zero-order valence-electron chi connectivity index (χ0n) is 17.6. The van der Waals surface area contributed by atoms with Gasteiger partial charge in [0.25, 0.3) is 5.91 Å². The quantitative estimate of drug-likeness (QED) is 0.534. The second-order valence-corrected chi connectivity index (χ2v) is 8.05. The highest BCUT2D eigenvalue weighted by molar-refractivity contribution is 6.18. The summed E-state index contributed by atoms with van der Waals surface area (Å²) >= 11 is 0. The number of aromatic nitrogens is 5. The van der Waals surface area contributed by atoms with Gasteiger partial charge in [0.1, 0.15) is 17.3 Å². The smallest absolute Gasteiger partial charge is 0.280 e. The van der Waals surface area contributed by atoms with Gasteiger partial charge >= 0.3 is 0 Å². The molecule has 6 rings (SSSR count). The summed E-state index contributed by atoms with van der Waals surface area (Å²) < 4.78 is 12.8. The van der Waals surface area contributed by atoms with Crippen molar-refractivity contribution in [2.75, 3.05) is 25.2 Å². The number of carbonyl (C=O) groups is 1. The number of rotatable bonds is 4. The fourth-order valence-corrected chi connectivity index (χ4v) is 4.63. The van der Waals surface area contributed by atoms with Crippen LogP contribution < -0.4 is 9.64 Å². The molecule has 1 N–H and O–H groups in total. The van der Waals surface area contributed by atoms with E-state index >= 15 is 0 Å². The number of benzene rings is 1. The van der Waals surface area contributed by atoms with E-state index in [1.807, 2.05) is 35.0 Å². The Balaban J connectivity index is 1.52. The molecule has 0 unspecified atom stereocenters. The number of aromatic amines is 1. The van der Waals surface area contributed by atoms with Crippen LogP contribution in [-0.4, -0.2) is 57.2 Å². The molecule has 9 heteroatoms. The molecule has 0 bridgehead atoms. The van der Waals surface area contributed by atoms with E-state index < -0.39 is 0 Å². The predicted octanol–water partition coefficient (Wildman–Crippen LogP) is 3.02. The summed E-state index contributed by atoms with van der Waals surface area (Å²) in [5, 5.41) is 13.0. The standard InChI is InChI=1S/C23H22N6O3/c1-31-16-4-2-14(3-5-16)13-28-18-6-9-24-22-19(18)20(27-28)17-12-25-26-21(17)23(30)29(22)15-7-10-32-11-8-15/h2-6,9,12,15H,7-8,10-11,13H2,1H3,(H,25,26). The topological polar surface area (TPSA) is 98.2 Å². The first-order chi connectivity index (χ1) is 15.7. The predicted molar refractivity (Wildman–Crippen MR) is 118 cm³/mol. The third kappa shape index (κ3) is 2.89. The van der Waals surface area contributed by atoms with Crippen molar-refractivity contribution in [1.29, 1.82) is 0 Å². The second-order valence-electron chi connectivity index (χ2n) is 8.05. The third-order valence-corrected chi connectivity index (χ3v) is 6.24. The minimum atomic E-state index is -0.146. The van der Waals surface area contributed by atoms with E-state index in [-0.39, 0.29) is 11.9 Å². The Morgan fingerprint density at radius 2 is 1.97 bits per heavy atom. The van der Waals surface area contributed by atoms with Crippen molar-refractivity contribution in [2.24, 2.45) is 0 Å². The van der Waals surface area contributed by atoms with Gasteiger partial charge in [0.15, 0.2) is 5.69 Å². The first-order valence-corrected chi connectivity index (χ1v) is 10.7. The highest BCUT2D eigenvalue weighted by atomic mass is 16.5. The molecule has 162 valence electrons. The first kappa shape index (κ1) is 19.0. The van der Waals surface area contributed by atoms with Gasteiger partial charge in [-0.3, -0.25) is 19.5 Å². The van der Waals surface area contributed by atoms with Crippen LogP contribution in [0.3, 0.4) is 0 Å². The number of H-pyrrole nitrogens is 1. The van der Waals surface area contributed by atoms with Gasteiger partial charge < -0.3 is 9.47 Å². The maximum absolute atomic E-state index is 13.6. The molecule has 32 heavy (non-hydrogen) atoms. The number of nitrogens with zero attached hydrogens (tertiary/aromatic N) is 5. The summed E-state index contributed by atoms with van der Waals surface area (Å²) in [5.41, 5.74) is 3.84. The van der Waals surface area contributed by atoms with Crippen LogP contribution in [0.1, 0.15) is 28.9 Å². The number of amides is 1. The Kier molecular flexibility index (Phi) is 4.43. The van der Waals surface area contributed by atoms with Crippen LogP contribution in [0.25, 0.3) is 22.2 Å². The molecular formula is C23H22N6O3. The van der Waals surface area contributed by atoms with Crippen molar-refractivity contribution >= 4 is 22.6 Å². The lowest BCUT2D eigenvalue weighted by molar-refractivity contribution is 0.0769. The van der Waals surface area contributed by atoms with Gasteiger partial charge in [-0.05, 0) is 36.6 Å². The molecule has 1 fully saturated rings. The Labute approximate surface area is 184 Å². The number of carbonyl (C=O) groups excluding carboxylic acids is 1. The van der Waals surface area contributed by atoms with Crippen molar-refractivity contribution in [3.05, 3.63) is 54.0 Å². The number of methoxy groups -OCH3 is 1. The maximum Gasteiger partial charge on any atom is 0.280 e. The summed E-state index contributed by atoms with van der Waals surface area (Å²) in [6.07, 6.45) is 5.03. The molecule has 0 atom stereocenters. The molecule has 2 aliphatic rings. The van der Waals surface area contributed by atoms with Crippen LogP contribution in [0.4, 0.5) is 5.82 Å². The van der Waals surface area contributed by atoms with E-state index in [1.54, 1.807) is 24.4 Å². The van der Waals surface area contributed by atoms with Crippen molar-refractivity contribution in [2.45, 2.75) is 25.4 Å². The Hall–Kier alpha value is -3.72. The van der Waals surface area contributed by atoms with Gasteiger partial charge in [-0.2, -0.15) is 10.2 Å². The number of fused-ring (bicyclic) bond motifs is 2. The molecule has 0 radical (unpaired) electrons. The van der Waals surface area contributed by atoms with Crippen LogP contribution in [0.2, 0.25) is 0 Å². The zero-order chi connectivity index (χ0) is 21.7.